The van der Waals surface area contributed by atoms with Crippen LogP contribution in [0.5, 0.6) is 0 Å². The third-order valence-corrected chi connectivity index (χ3v) is 4.25. The number of aliphatic carboxylic acids is 1. The highest BCUT2D eigenvalue weighted by Crippen LogP contribution is 2.25. The average molecular weight is 309 g/mol. The van der Waals surface area contributed by atoms with E-state index < -0.39 is 11.9 Å². The molecule has 0 aromatic carbocycles. The van der Waals surface area contributed by atoms with Gasteiger partial charge in [0, 0.05) is 11.4 Å². The largest absolute Gasteiger partial charge is 0.481 e. The summed E-state index contributed by atoms with van der Waals surface area (Å²) in [7, 11) is 0. The van der Waals surface area contributed by atoms with E-state index in [1.54, 1.807) is 0 Å². The van der Waals surface area contributed by atoms with Gasteiger partial charge in [-0.05, 0) is 19.4 Å². The van der Waals surface area contributed by atoms with E-state index in [9.17, 15) is 14.4 Å². The fourth-order valence-electron chi connectivity index (χ4n) is 1.90. The summed E-state index contributed by atoms with van der Waals surface area (Å²) in [5, 5.41) is 11.5. The van der Waals surface area contributed by atoms with E-state index in [0.717, 1.165) is 10.4 Å². The second kappa shape index (κ2) is 6.04. The Bertz CT molecular complexity index is 763. The zero-order valence-electron chi connectivity index (χ0n) is 11.7. The van der Waals surface area contributed by atoms with E-state index in [0.29, 0.717) is 10.2 Å². The summed E-state index contributed by atoms with van der Waals surface area (Å²) < 4.78 is 1.23. The quantitative estimate of drug-likeness (QED) is 0.845. The summed E-state index contributed by atoms with van der Waals surface area (Å²) in [5.41, 5.74) is 0.628. The molecular weight excluding hydrogens is 294 g/mol. The van der Waals surface area contributed by atoms with Crippen molar-refractivity contribution in [2.24, 2.45) is 0 Å². The molecule has 7 nitrogen and oxygen atoms in total. The zero-order chi connectivity index (χ0) is 15.6. The summed E-state index contributed by atoms with van der Waals surface area (Å²) in [4.78, 5) is 40.3. The van der Waals surface area contributed by atoms with Crippen LogP contribution in [0.1, 0.15) is 16.9 Å². The number of nitrogens with one attached hydrogen (secondary N) is 1. The Morgan fingerprint density at radius 2 is 2.14 bits per heavy atom. The standard InChI is InChI=1S/C13H15N3O4S/c1-7-8(2)21-12-11(7)13(20)16(6-15-12)5-9(17)14-4-3-10(18)19/h6H,3-5H2,1-2H3,(H,14,17)(H,18,19). The summed E-state index contributed by atoms with van der Waals surface area (Å²) in [6.07, 6.45) is 1.19. The van der Waals surface area contributed by atoms with E-state index in [1.165, 1.54) is 22.2 Å². The molecule has 112 valence electrons. The van der Waals surface area contributed by atoms with Gasteiger partial charge >= 0.3 is 5.97 Å². The molecule has 0 bridgehead atoms. The van der Waals surface area contributed by atoms with E-state index in [4.69, 9.17) is 5.11 Å². The minimum absolute atomic E-state index is 0.0369. The fourth-order valence-corrected chi connectivity index (χ4v) is 2.89. The van der Waals surface area contributed by atoms with E-state index in [1.807, 2.05) is 13.8 Å². The Kier molecular flexibility index (Phi) is 4.37. The minimum atomic E-state index is -0.986. The smallest absolute Gasteiger partial charge is 0.305 e. The molecule has 2 rings (SSSR count). The normalized spacial score (nSPS) is 10.8. The number of carbonyl (C=O) groups excluding carboxylic acids is 1. The summed E-state index contributed by atoms with van der Waals surface area (Å²) >= 11 is 1.45. The number of rotatable bonds is 5. The van der Waals surface area contributed by atoms with Gasteiger partial charge in [-0.1, -0.05) is 0 Å². The molecule has 0 atom stereocenters. The molecule has 0 fully saturated rings. The topological polar surface area (TPSA) is 101 Å². The van der Waals surface area contributed by atoms with Gasteiger partial charge in [0.2, 0.25) is 5.91 Å². The first-order valence-corrected chi connectivity index (χ1v) is 7.15. The van der Waals surface area contributed by atoms with Gasteiger partial charge in [0.05, 0.1) is 18.1 Å². The van der Waals surface area contributed by atoms with Crippen molar-refractivity contribution < 1.29 is 14.7 Å². The van der Waals surface area contributed by atoms with Crippen molar-refractivity contribution in [2.45, 2.75) is 26.8 Å². The van der Waals surface area contributed by atoms with Crippen LogP contribution in [0.15, 0.2) is 11.1 Å². The van der Waals surface area contributed by atoms with Crippen LogP contribution in [0.3, 0.4) is 0 Å². The van der Waals surface area contributed by atoms with Gasteiger partial charge in [-0.25, -0.2) is 4.98 Å². The average Bonchev–Trinajstić information content (AvgIpc) is 2.69. The van der Waals surface area contributed by atoms with Gasteiger partial charge in [0.15, 0.2) is 0 Å². The Morgan fingerprint density at radius 1 is 1.43 bits per heavy atom. The molecule has 1 amide bonds. The lowest BCUT2D eigenvalue weighted by Gasteiger charge is -2.06. The van der Waals surface area contributed by atoms with Crippen LogP contribution >= 0.6 is 11.3 Å². The first-order valence-electron chi connectivity index (χ1n) is 6.33. The Morgan fingerprint density at radius 3 is 2.81 bits per heavy atom. The van der Waals surface area contributed by atoms with Crippen molar-refractivity contribution in [1.82, 2.24) is 14.9 Å². The highest BCUT2D eigenvalue weighted by molar-refractivity contribution is 7.18. The molecule has 0 saturated carbocycles. The van der Waals surface area contributed by atoms with Crippen LogP contribution < -0.4 is 10.9 Å². The molecule has 0 aliphatic heterocycles. The number of carbonyl (C=O) groups is 2. The Hall–Kier alpha value is -2.22. The number of nitrogens with zero attached hydrogens (tertiary/aromatic N) is 2. The molecule has 8 heteroatoms. The second-order valence-corrected chi connectivity index (χ2v) is 5.84. The van der Waals surface area contributed by atoms with Crippen molar-refractivity contribution in [3.05, 3.63) is 27.1 Å². The maximum absolute atomic E-state index is 12.3. The molecule has 0 aliphatic rings. The predicted octanol–water partition coefficient (Wildman–Crippen LogP) is 0.666. The number of aryl methyl sites for hydroxylation is 2. The van der Waals surface area contributed by atoms with Gasteiger partial charge in [0.1, 0.15) is 11.4 Å². The first-order chi connectivity index (χ1) is 9.90. The maximum atomic E-state index is 12.3. The monoisotopic (exact) mass is 309 g/mol. The number of aromatic nitrogens is 2. The molecule has 0 aliphatic carbocycles. The molecule has 2 aromatic rings. The molecule has 2 heterocycles. The van der Waals surface area contributed by atoms with Crippen molar-refractivity contribution >= 4 is 33.4 Å². The van der Waals surface area contributed by atoms with Crippen molar-refractivity contribution in [3.63, 3.8) is 0 Å². The molecule has 2 N–H and O–H groups in total. The molecule has 2 aromatic heterocycles. The van der Waals surface area contributed by atoms with Gasteiger partial charge in [-0.3, -0.25) is 19.0 Å². The molecule has 0 unspecified atom stereocenters. The van der Waals surface area contributed by atoms with Gasteiger partial charge in [-0.15, -0.1) is 11.3 Å². The van der Waals surface area contributed by atoms with Gasteiger partial charge in [-0.2, -0.15) is 0 Å². The van der Waals surface area contributed by atoms with Crippen LogP contribution in [0.25, 0.3) is 10.2 Å². The molecule has 0 saturated heterocycles. The summed E-state index contributed by atoms with van der Waals surface area (Å²) in [6.45, 7) is 3.64. The highest BCUT2D eigenvalue weighted by atomic mass is 32.1. The maximum Gasteiger partial charge on any atom is 0.305 e. The number of amides is 1. The van der Waals surface area contributed by atoms with Crippen LogP contribution in [0, 0.1) is 13.8 Å². The number of carboxylic acid groups (broad SMARTS) is 1. The van der Waals surface area contributed by atoms with E-state index >= 15 is 0 Å². The third kappa shape index (κ3) is 3.27. The van der Waals surface area contributed by atoms with Crippen LogP contribution in [0.4, 0.5) is 0 Å². The Labute approximate surface area is 124 Å². The number of thiophene rings is 1. The lowest BCUT2D eigenvalue weighted by Crippen LogP contribution is -2.33. The molecule has 0 spiro atoms. The number of hydrogen-bond donors (Lipinski definition) is 2. The summed E-state index contributed by atoms with van der Waals surface area (Å²) in [6, 6.07) is 0. The van der Waals surface area contributed by atoms with E-state index in [-0.39, 0.29) is 25.1 Å². The van der Waals surface area contributed by atoms with Crippen molar-refractivity contribution in [1.29, 1.82) is 0 Å². The Balaban J connectivity index is 2.17. The van der Waals surface area contributed by atoms with Crippen LogP contribution in [0.2, 0.25) is 0 Å². The number of carboxylic acids is 1. The van der Waals surface area contributed by atoms with Crippen LogP contribution in [-0.4, -0.2) is 33.1 Å². The fraction of sp³-hybridized carbons (Fsp3) is 0.385. The minimum Gasteiger partial charge on any atom is -0.481 e. The highest BCUT2D eigenvalue weighted by Gasteiger charge is 2.13. The zero-order valence-corrected chi connectivity index (χ0v) is 12.5. The second-order valence-electron chi connectivity index (χ2n) is 4.63. The molecular formula is C13H15N3O4S. The van der Waals surface area contributed by atoms with Crippen molar-refractivity contribution in [3.8, 4) is 0 Å². The molecule has 0 radical (unpaired) electrons. The number of hydrogen-bond acceptors (Lipinski definition) is 5. The van der Waals surface area contributed by atoms with Crippen molar-refractivity contribution in [2.75, 3.05) is 6.54 Å². The lowest BCUT2D eigenvalue weighted by molar-refractivity contribution is -0.136. The first kappa shape index (κ1) is 15.2. The SMILES string of the molecule is Cc1sc2ncn(CC(=O)NCCC(=O)O)c(=O)c2c1C. The van der Waals surface area contributed by atoms with E-state index in [2.05, 4.69) is 10.3 Å². The predicted molar refractivity (Wildman–Crippen MR) is 78.6 cm³/mol. The number of fused-ring (bicyclic) bond motifs is 1. The summed E-state index contributed by atoms with van der Waals surface area (Å²) in [5.74, 6) is -1.40. The van der Waals surface area contributed by atoms with Gasteiger partial charge in [0.25, 0.3) is 5.56 Å². The van der Waals surface area contributed by atoms with Crippen LogP contribution in [-0.2, 0) is 16.1 Å². The lowest BCUT2D eigenvalue weighted by atomic mass is 10.2. The third-order valence-electron chi connectivity index (χ3n) is 3.13. The van der Waals surface area contributed by atoms with Gasteiger partial charge < -0.3 is 10.4 Å². The molecule has 21 heavy (non-hydrogen) atoms.